The molecule has 18 heavy (non-hydrogen) atoms. The molecule has 3 rings (SSSR count). The van der Waals surface area contributed by atoms with Gasteiger partial charge in [0.2, 0.25) is 0 Å². The maximum absolute atomic E-state index is 11.5. The number of hydrogen-bond donors (Lipinski definition) is 1. The molecule has 0 amide bonds. The topological polar surface area (TPSA) is 59.7 Å². The molecular formula is C14H14O4. The monoisotopic (exact) mass is 246 g/mol. The van der Waals surface area contributed by atoms with Gasteiger partial charge in [0.1, 0.15) is 0 Å². The van der Waals surface area contributed by atoms with Crippen LogP contribution in [0.15, 0.2) is 28.9 Å². The van der Waals surface area contributed by atoms with Gasteiger partial charge in [0, 0.05) is 5.39 Å². The Labute approximate surface area is 104 Å². The molecule has 0 unspecified atom stereocenters. The minimum atomic E-state index is -0.751. The van der Waals surface area contributed by atoms with Gasteiger partial charge >= 0.3 is 5.97 Å². The van der Waals surface area contributed by atoms with Crippen LogP contribution in [-0.4, -0.2) is 18.2 Å². The Morgan fingerprint density at radius 2 is 2.22 bits per heavy atom. The van der Waals surface area contributed by atoms with E-state index in [0.717, 1.165) is 17.4 Å². The standard InChI is InChI=1S/C14H14O4/c1-17-11-8-10(7-9-3-6-18-12(9)11)14(13(15)16)4-2-5-14/h3,6-8H,2,4-5H2,1H3,(H,15,16). The van der Waals surface area contributed by atoms with Gasteiger partial charge in [0.25, 0.3) is 0 Å². The number of ether oxygens (including phenoxy) is 1. The zero-order valence-electron chi connectivity index (χ0n) is 10.1. The fourth-order valence-corrected chi connectivity index (χ4v) is 2.63. The number of fused-ring (bicyclic) bond motifs is 1. The molecule has 0 bridgehead atoms. The van der Waals surface area contributed by atoms with Crippen LogP contribution in [0, 0.1) is 0 Å². The van der Waals surface area contributed by atoms with Crippen molar-refractivity contribution < 1.29 is 19.1 Å². The summed E-state index contributed by atoms with van der Waals surface area (Å²) in [5.41, 5.74) is 0.742. The molecule has 2 aromatic rings. The molecule has 1 saturated carbocycles. The molecule has 1 N–H and O–H groups in total. The van der Waals surface area contributed by atoms with Crippen molar-refractivity contribution in [1.29, 1.82) is 0 Å². The van der Waals surface area contributed by atoms with E-state index in [2.05, 4.69) is 0 Å². The van der Waals surface area contributed by atoms with Crippen molar-refractivity contribution in [2.75, 3.05) is 7.11 Å². The van der Waals surface area contributed by atoms with Crippen molar-refractivity contribution in [1.82, 2.24) is 0 Å². The van der Waals surface area contributed by atoms with Crippen LogP contribution < -0.4 is 4.74 Å². The molecule has 94 valence electrons. The van der Waals surface area contributed by atoms with E-state index in [0.29, 0.717) is 24.2 Å². The molecule has 0 saturated heterocycles. The first-order valence-electron chi connectivity index (χ1n) is 5.96. The lowest BCUT2D eigenvalue weighted by Gasteiger charge is -2.38. The van der Waals surface area contributed by atoms with Crippen LogP contribution in [0.1, 0.15) is 24.8 Å². The molecule has 1 aliphatic rings. The van der Waals surface area contributed by atoms with Crippen molar-refractivity contribution in [2.45, 2.75) is 24.7 Å². The molecule has 0 aliphatic heterocycles. The lowest BCUT2D eigenvalue weighted by atomic mass is 9.64. The van der Waals surface area contributed by atoms with E-state index < -0.39 is 11.4 Å². The summed E-state index contributed by atoms with van der Waals surface area (Å²) in [5.74, 6) is -0.154. The lowest BCUT2D eigenvalue weighted by molar-refractivity contribution is -0.147. The van der Waals surface area contributed by atoms with Crippen LogP contribution >= 0.6 is 0 Å². The molecule has 1 aromatic heterocycles. The highest BCUT2D eigenvalue weighted by Crippen LogP contribution is 2.46. The molecule has 1 aliphatic carbocycles. The van der Waals surface area contributed by atoms with Gasteiger partial charge in [-0.15, -0.1) is 0 Å². The molecule has 0 atom stereocenters. The minimum Gasteiger partial charge on any atom is -0.493 e. The summed E-state index contributed by atoms with van der Waals surface area (Å²) in [7, 11) is 1.56. The highest BCUT2D eigenvalue weighted by atomic mass is 16.5. The molecule has 1 aromatic carbocycles. The Bertz CT molecular complexity index is 607. The van der Waals surface area contributed by atoms with Gasteiger partial charge in [-0.3, -0.25) is 4.79 Å². The van der Waals surface area contributed by atoms with Gasteiger partial charge in [-0.25, -0.2) is 0 Å². The van der Waals surface area contributed by atoms with Crippen LogP contribution in [0.2, 0.25) is 0 Å². The zero-order chi connectivity index (χ0) is 12.8. The van der Waals surface area contributed by atoms with Crippen molar-refractivity contribution in [3.63, 3.8) is 0 Å². The normalized spacial score (nSPS) is 17.4. The Balaban J connectivity index is 2.20. The smallest absolute Gasteiger partial charge is 0.314 e. The summed E-state index contributed by atoms with van der Waals surface area (Å²) in [5, 5.41) is 10.3. The largest absolute Gasteiger partial charge is 0.493 e. The second-order valence-corrected chi connectivity index (χ2v) is 4.76. The second-order valence-electron chi connectivity index (χ2n) is 4.76. The molecular weight excluding hydrogens is 232 g/mol. The van der Waals surface area contributed by atoms with Gasteiger partial charge in [-0.2, -0.15) is 0 Å². The van der Waals surface area contributed by atoms with Crippen LogP contribution in [-0.2, 0) is 10.2 Å². The third kappa shape index (κ3) is 1.35. The molecule has 0 spiro atoms. The second kappa shape index (κ2) is 3.77. The van der Waals surface area contributed by atoms with Crippen molar-refractivity contribution >= 4 is 16.9 Å². The maximum Gasteiger partial charge on any atom is 0.314 e. The predicted octanol–water partition coefficient (Wildman–Crippen LogP) is 2.95. The van der Waals surface area contributed by atoms with E-state index in [-0.39, 0.29) is 0 Å². The fraction of sp³-hybridized carbons (Fsp3) is 0.357. The third-order valence-electron chi connectivity index (χ3n) is 3.91. The first kappa shape index (κ1) is 11.1. The average Bonchev–Trinajstić information content (AvgIpc) is 2.73. The summed E-state index contributed by atoms with van der Waals surface area (Å²) in [6.45, 7) is 0. The molecule has 0 radical (unpaired) electrons. The number of hydrogen-bond acceptors (Lipinski definition) is 3. The van der Waals surface area contributed by atoms with Crippen molar-refractivity contribution in [2.24, 2.45) is 0 Å². The predicted molar refractivity (Wildman–Crippen MR) is 65.9 cm³/mol. The Kier molecular flexibility index (Phi) is 2.33. The fourth-order valence-electron chi connectivity index (χ4n) is 2.63. The van der Waals surface area contributed by atoms with E-state index in [1.807, 2.05) is 12.1 Å². The number of carbonyl (C=O) groups is 1. The summed E-state index contributed by atoms with van der Waals surface area (Å²) in [4.78, 5) is 11.5. The van der Waals surface area contributed by atoms with Gasteiger partial charge in [0.05, 0.1) is 18.8 Å². The van der Waals surface area contributed by atoms with Gasteiger partial charge in [-0.1, -0.05) is 6.42 Å². The molecule has 1 heterocycles. The first-order chi connectivity index (χ1) is 8.67. The summed E-state index contributed by atoms with van der Waals surface area (Å²) in [6.07, 6.45) is 3.92. The highest BCUT2D eigenvalue weighted by molar-refractivity contribution is 5.89. The van der Waals surface area contributed by atoms with Crippen LogP contribution in [0.4, 0.5) is 0 Å². The Morgan fingerprint density at radius 3 is 2.78 bits per heavy atom. The number of methoxy groups -OCH3 is 1. The van der Waals surface area contributed by atoms with E-state index in [1.165, 1.54) is 0 Å². The van der Waals surface area contributed by atoms with E-state index in [1.54, 1.807) is 19.4 Å². The number of carboxylic acid groups (broad SMARTS) is 1. The SMILES string of the molecule is COc1cc(C2(C(=O)O)CCC2)cc2ccoc12. The molecule has 1 fully saturated rings. The number of carboxylic acids is 1. The molecule has 4 nitrogen and oxygen atoms in total. The summed E-state index contributed by atoms with van der Waals surface area (Å²) >= 11 is 0. The first-order valence-corrected chi connectivity index (χ1v) is 5.96. The van der Waals surface area contributed by atoms with Gasteiger partial charge < -0.3 is 14.3 Å². The van der Waals surface area contributed by atoms with Crippen molar-refractivity contribution in [3.8, 4) is 5.75 Å². The van der Waals surface area contributed by atoms with Crippen molar-refractivity contribution in [3.05, 3.63) is 30.0 Å². The number of rotatable bonds is 3. The van der Waals surface area contributed by atoms with E-state index >= 15 is 0 Å². The Hall–Kier alpha value is -1.97. The summed E-state index contributed by atoms with van der Waals surface area (Å²) in [6, 6.07) is 5.52. The molecule has 4 heteroatoms. The van der Waals surface area contributed by atoms with Crippen LogP contribution in [0.25, 0.3) is 11.0 Å². The average molecular weight is 246 g/mol. The van der Waals surface area contributed by atoms with E-state index in [9.17, 15) is 9.90 Å². The van der Waals surface area contributed by atoms with Crippen LogP contribution in [0.3, 0.4) is 0 Å². The zero-order valence-corrected chi connectivity index (χ0v) is 10.1. The lowest BCUT2D eigenvalue weighted by Crippen LogP contribution is -2.42. The number of benzene rings is 1. The summed E-state index contributed by atoms with van der Waals surface area (Å²) < 4.78 is 10.6. The van der Waals surface area contributed by atoms with E-state index in [4.69, 9.17) is 9.15 Å². The van der Waals surface area contributed by atoms with Gasteiger partial charge in [-0.05, 0) is 36.6 Å². The quantitative estimate of drug-likeness (QED) is 0.904. The maximum atomic E-state index is 11.5. The third-order valence-corrected chi connectivity index (χ3v) is 3.91. The minimum absolute atomic E-state index is 0.597. The number of aliphatic carboxylic acids is 1. The highest BCUT2D eigenvalue weighted by Gasteiger charge is 2.46. The van der Waals surface area contributed by atoms with Gasteiger partial charge in [0.15, 0.2) is 11.3 Å². The Morgan fingerprint density at radius 1 is 1.44 bits per heavy atom. The number of furan rings is 1. The van der Waals surface area contributed by atoms with Crippen LogP contribution in [0.5, 0.6) is 5.75 Å².